The van der Waals surface area contributed by atoms with Crippen LogP contribution in [-0.2, 0) is 10.8 Å². The number of benzene rings is 9. The molecule has 3 aliphatic carbocycles. The van der Waals surface area contributed by atoms with Crippen molar-refractivity contribution in [2.75, 3.05) is 4.90 Å². The molecule has 0 radical (unpaired) electrons. The third kappa shape index (κ3) is 4.92. The number of fused-ring (bicyclic) bond motifs is 13. The Bertz CT molecular complexity index is 3450. The number of hydrogen-bond acceptors (Lipinski definition) is 2. The maximum atomic E-state index is 6.74. The molecule has 0 saturated heterocycles. The highest BCUT2D eigenvalue weighted by atomic mass is 16.3. The van der Waals surface area contributed by atoms with E-state index in [0.717, 1.165) is 49.8 Å². The number of para-hydroxylation sites is 1. The molecular weight excluding hydrogens is 751 g/mol. The van der Waals surface area contributed by atoms with E-state index >= 15 is 0 Å². The first kappa shape index (κ1) is 35.6. The zero-order valence-electron chi connectivity index (χ0n) is 35.1. The molecule has 9 aromatic carbocycles. The Hall–Kier alpha value is -7.16. The summed E-state index contributed by atoms with van der Waals surface area (Å²) in [4.78, 5) is 2.51. The van der Waals surface area contributed by atoms with E-state index < -0.39 is 0 Å². The van der Waals surface area contributed by atoms with Crippen molar-refractivity contribution in [3.63, 3.8) is 0 Å². The van der Waals surface area contributed by atoms with Crippen LogP contribution < -0.4 is 4.90 Å². The third-order valence-electron chi connectivity index (χ3n) is 14.8. The Kier molecular flexibility index (Phi) is 7.56. The van der Waals surface area contributed by atoms with Crippen LogP contribution in [0.5, 0.6) is 0 Å². The molecule has 62 heavy (non-hydrogen) atoms. The monoisotopic (exact) mass is 795 g/mol. The molecule has 2 heteroatoms. The van der Waals surface area contributed by atoms with E-state index in [0.29, 0.717) is 0 Å². The van der Waals surface area contributed by atoms with Gasteiger partial charge in [0.05, 0.1) is 5.69 Å². The molecule has 0 aliphatic heterocycles. The average Bonchev–Trinajstić information content (AvgIpc) is 4.09. The van der Waals surface area contributed by atoms with Gasteiger partial charge >= 0.3 is 0 Å². The van der Waals surface area contributed by atoms with E-state index in [4.69, 9.17) is 4.42 Å². The van der Waals surface area contributed by atoms with E-state index in [1.807, 2.05) is 0 Å². The number of hydrogen-bond donors (Lipinski definition) is 0. The summed E-state index contributed by atoms with van der Waals surface area (Å²) in [7, 11) is 0. The summed E-state index contributed by atoms with van der Waals surface area (Å²) >= 11 is 0. The molecule has 0 amide bonds. The fourth-order valence-corrected chi connectivity index (χ4v) is 12.1. The predicted octanol–water partition coefficient (Wildman–Crippen LogP) is 16.7. The standard InChI is InChI=1S/C60H45NO/c1-59(2)51-23-8-5-18-45(51)49-22-13-20-42(57(49)59)39-27-30-40(31-28-39)61(41-32-34-46-44-17-6-9-24-52(44)60(53(46)37-41)35-11-12-36-60)54-25-10-7-19-47(54)48-21-14-26-55-56(48)50-33-29-38-15-3-4-16-43(38)58(50)62-55/h3-10,13-34,37H,11-12,35-36H2,1-2H3. The first-order valence-electron chi connectivity index (χ1n) is 22.3. The molecule has 0 bridgehead atoms. The summed E-state index contributed by atoms with van der Waals surface area (Å²) in [5.74, 6) is 0. The largest absolute Gasteiger partial charge is 0.455 e. The van der Waals surface area contributed by atoms with Gasteiger partial charge in [0.2, 0.25) is 0 Å². The second kappa shape index (κ2) is 13.2. The van der Waals surface area contributed by atoms with Gasteiger partial charge in [0.25, 0.3) is 0 Å². The molecule has 0 N–H and O–H groups in total. The van der Waals surface area contributed by atoms with Crippen LogP contribution >= 0.6 is 0 Å². The zero-order valence-corrected chi connectivity index (χ0v) is 35.1. The Labute approximate surface area is 362 Å². The lowest BCUT2D eigenvalue weighted by Gasteiger charge is -2.31. The maximum absolute atomic E-state index is 6.74. The van der Waals surface area contributed by atoms with Gasteiger partial charge in [0.1, 0.15) is 11.2 Å². The molecular formula is C60H45NO. The SMILES string of the molecule is CC1(C)c2ccccc2-c2cccc(-c3ccc(N(c4ccc5c(c4)C4(CCCC4)c4ccccc4-5)c4ccccc4-c4cccc5oc6c7ccccc7ccc6c45)cc3)c21. The van der Waals surface area contributed by atoms with Crippen molar-refractivity contribution < 1.29 is 4.42 Å². The first-order valence-corrected chi connectivity index (χ1v) is 22.3. The molecule has 0 atom stereocenters. The minimum atomic E-state index is -0.102. The van der Waals surface area contributed by atoms with E-state index in [2.05, 4.69) is 207 Å². The van der Waals surface area contributed by atoms with Gasteiger partial charge in [0.15, 0.2) is 0 Å². The lowest BCUT2D eigenvalue weighted by molar-refractivity contribution is 0.550. The van der Waals surface area contributed by atoms with Crippen molar-refractivity contribution in [1.82, 2.24) is 0 Å². The van der Waals surface area contributed by atoms with E-state index in [-0.39, 0.29) is 10.8 Å². The van der Waals surface area contributed by atoms with Gasteiger partial charge in [-0.25, -0.2) is 0 Å². The lowest BCUT2D eigenvalue weighted by atomic mass is 9.76. The minimum absolute atomic E-state index is 0.0547. The third-order valence-corrected chi connectivity index (χ3v) is 14.8. The Morgan fingerprint density at radius 2 is 1.08 bits per heavy atom. The molecule has 1 heterocycles. The fraction of sp³-hybridized carbons (Fsp3) is 0.133. The predicted molar refractivity (Wildman–Crippen MR) is 259 cm³/mol. The van der Waals surface area contributed by atoms with Gasteiger partial charge in [-0.05, 0) is 122 Å². The van der Waals surface area contributed by atoms with Crippen LogP contribution in [0.1, 0.15) is 61.8 Å². The van der Waals surface area contributed by atoms with Crippen LogP contribution in [0.4, 0.5) is 17.1 Å². The summed E-state index contributed by atoms with van der Waals surface area (Å²) in [6, 6.07) is 70.1. The summed E-state index contributed by atoms with van der Waals surface area (Å²) in [6.45, 7) is 4.76. The zero-order chi connectivity index (χ0) is 41.2. The van der Waals surface area contributed by atoms with E-state index in [9.17, 15) is 0 Å². The Balaban J connectivity index is 1.01. The fourth-order valence-electron chi connectivity index (χ4n) is 12.1. The molecule has 2 nitrogen and oxygen atoms in total. The molecule has 1 aromatic heterocycles. The maximum Gasteiger partial charge on any atom is 0.143 e. The Morgan fingerprint density at radius 3 is 1.92 bits per heavy atom. The second-order valence-electron chi connectivity index (χ2n) is 18.3. The van der Waals surface area contributed by atoms with Gasteiger partial charge in [0, 0.05) is 43.9 Å². The van der Waals surface area contributed by atoms with Crippen molar-refractivity contribution >= 4 is 49.8 Å². The highest BCUT2D eigenvalue weighted by Crippen LogP contribution is 2.58. The van der Waals surface area contributed by atoms with Gasteiger partial charge in [-0.3, -0.25) is 0 Å². The van der Waals surface area contributed by atoms with Gasteiger partial charge in [-0.1, -0.05) is 172 Å². The van der Waals surface area contributed by atoms with Gasteiger partial charge in [-0.2, -0.15) is 0 Å². The van der Waals surface area contributed by atoms with Crippen LogP contribution in [0.3, 0.4) is 0 Å². The topological polar surface area (TPSA) is 16.4 Å². The highest BCUT2D eigenvalue weighted by molar-refractivity contribution is 6.19. The minimum Gasteiger partial charge on any atom is -0.455 e. The average molecular weight is 796 g/mol. The molecule has 296 valence electrons. The second-order valence-corrected chi connectivity index (χ2v) is 18.3. The van der Waals surface area contributed by atoms with Crippen LogP contribution in [-0.4, -0.2) is 0 Å². The molecule has 1 spiro atoms. The molecule has 1 saturated carbocycles. The lowest BCUT2D eigenvalue weighted by Crippen LogP contribution is -2.21. The summed E-state index contributed by atoms with van der Waals surface area (Å²) in [5.41, 5.74) is 21.4. The number of rotatable bonds is 5. The summed E-state index contributed by atoms with van der Waals surface area (Å²) < 4.78 is 6.74. The van der Waals surface area contributed by atoms with Crippen LogP contribution in [0, 0.1) is 0 Å². The van der Waals surface area contributed by atoms with Crippen LogP contribution in [0.2, 0.25) is 0 Å². The van der Waals surface area contributed by atoms with Crippen molar-refractivity contribution in [2.24, 2.45) is 0 Å². The van der Waals surface area contributed by atoms with Crippen LogP contribution in [0.15, 0.2) is 192 Å². The quantitative estimate of drug-likeness (QED) is 0.173. The normalized spacial score (nSPS) is 15.3. The molecule has 0 unspecified atom stereocenters. The molecule has 13 rings (SSSR count). The highest BCUT2D eigenvalue weighted by Gasteiger charge is 2.45. The van der Waals surface area contributed by atoms with E-state index in [1.54, 1.807) is 0 Å². The molecule has 3 aliphatic rings. The molecule has 10 aromatic rings. The smallest absolute Gasteiger partial charge is 0.143 e. The van der Waals surface area contributed by atoms with Crippen molar-refractivity contribution in [3.8, 4) is 44.5 Å². The van der Waals surface area contributed by atoms with Crippen molar-refractivity contribution in [3.05, 3.63) is 210 Å². The van der Waals surface area contributed by atoms with Crippen LogP contribution in [0.25, 0.3) is 77.2 Å². The Morgan fingerprint density at radius 1 is 0.452 bits per heavy atom. The van der Waals surface area contributed by atoms with Gasteiger partial charge in [-0.15, -0.1) is 0 Å². The van der Waals surface area contributed by atoms with Crippen molar-refractivity contribution in [1.29, 1.82) is 0 Å². The summed E-state index contributed by atoms with van der Waals surface area (Å²) in [6.07, 6.45) is 4.90. The number of nitrogens with zero attached hydrogens (tertiary/aromatic N) is 1. The summed E-state index contributed by atoms with van der Waals surface area (Å²) in [5, 5.41) is 4.60. The number of anilines is 3. The van der Waals surface area contributed by atoms with Gasteiger partial charge < -0.3 is 9.32 Å². The van der Waals surface area contributed by atoms with E-state index in [1.165, 1.54) is 92.4 Å². The number of furan rings is 1. The van der Waals surface area contributed by atoms with Crippen molar-refractivity contribution in [2.45, 2.75) is 50.4 Å². The first-order chi connectivity index (χ1) is 30.5. The molecule has 1 fully saturated rings.